The molecule has 0 radical (unpaired) electrons. The van der Waals surface area contributed by atoms with Crippen LogP contribution in [0.1, 0.15) is 19.0 Å². The standard InChI is InChI=1S/C11H12IN3O2/c1-2-17-10(16)4-3-8-9-7-13-5-6-15(9)11(12)14-8/h5-7H,2-4H2,1H3. The van der Waals surface area contributed by atoms with Gasteiger partial charge in [-0.25, -0.2) is 4.98 Å². The van der Waals surface area contributed by atoms with Gasteiger partial charge in [0.15, 0.2) is 3.83 Å². The minimum Gasteiger partial charge on any atom is -0.466 e. The van der Waals surface area contributed by atoms with Crippen LogP contribution in [0.3, 0.4) is 0 Å². The van der Waals surface area contributed by atoms with Gasteiger partial charge >= 0.3 is 5.97 Å². The molecule has 0 N–H and O–H groups in total. The molecule has 5 nitrogen and oxygen atoms in total. The first-order valence-corrected chi connectivity index (χ1v) is 6.42. The number of esters is 1. The molecule has 0 aliphatic heterocycles. The first-order chi connectivity index (χ1) is 8.22. The Morgan fingerprint density at radius 2 is 2.41 bits per heavy atom. The highest BCUT2D eigenvalue weighted by atomic mass is 127. The van der Waals surface area contributed by atoms with Crippen LogP contribution in [0, 0.1) is 3.83 Å². The van der Waals surface area contributed by atoms with Crippen molar-refractivity contribution in [1.82, 2.24) is 14.4 Å². The molecule has 2 aromatic heterocycles. The van der Waals surface area contributed by atoms with Gasteiger partial charge in [-0.3, -0.25) is 14.2 Å². The molecule has 0 unspecified atom stereocenters. The summed E-state index contributed by atoms with van der Waals surface area (Å²) in [6, 6.07) is 0. The number of halogens is 1. The fraction of sp³-hybridized carbons (Fsp3) is 0.364. The van der Waals surface area contributed by atoms with Crippen molar-refractivity contribution in [3.8, 4) is 0 Å². The maximum atomic E-state index is 11.3. The molecule has 0 atom stereocenters. The van der Waals surface area contributed by atoms with Gasteiger partial charge < -0.3 is 4.74 Å². The molecule has 0 saturated heterocycles. The summed E-state index contributed by atoms with van der Waals surface area (Å²) in [5.74, 6) is -0.187. The average Bonchev–Trinajstić information content (AvgIpc) is 2.65. The van der Waals surface area contributed by atoms with E-state index in [9.17, 15) is 4.79 Å². The van der Waals surface area contributed by atoms with E-state index in [1.165, 1.54) is 0 Å². The summed E-state index contributed by atoms with van der Waals surface area (Å²) >= 11 is 2.16. The molecule has 0 bridgehead atoms. The van der Waals surface area contributed by atoms with Gasteiger partial charge in [0, 0.05) is 41.4 Å². The van der Waals surface area contributed by atoms with Gasteiger partial charge in [-0.1, -0.05) is 0 Å². The van der Waals surface area contributed by atoms with Crippen molar-refractivity contribution in [2.45, 2.75) is 19.8 Å². The molecule has 0 aliphatic carbocycles. The van der Waals surface area contributed by atoms with E-state index in [2.05, 4.69) is 32.6 Å². The van der Waals surface area contributed by atoms with Gasteiger partial charge in [0.05, 0.1) is 30.4 Å². The van der Waals surface area contributed by atoms with E-state index in [0.717, 1.165) is 15.0 Å². The Labute approximate surface area is 112 Å². The minimum atomic E-state index is -0.187. The zero-order chi connectivity index (χ0) is 12.3. The zero-order valence-electron chi connectivity index (χ0n) is 9.39. The number of carbonyl (C=O) groups excluding carboxylic acids is 1. The predicted octanol–water partition coefficient (Wildman–Crippen LogP) is 1.83. The Morgan fingerprint density at radius 3 is 3.18 bits per heavy atom. The van der Waals surface area contributed by atoms with Crippen LogP contribution in [0.2, 0.25) is 0 Å². The molecule has 6 heteroatoms. The van der Waals surface area contributed by atoms with Gasteiger partial charge in [-0.05, 0) is 6.92 Å². The normalized spacial score (nSPS) is 10.7. The summed E-state index contributed by atoms with van der Waals surface area (Å²) < 4.78 is 7.72. The highest BCUT2D eigenvalue weighted by Gasteiger charge is 2.11. The smallest absolute Gasteiger partial charge is 0.306 e. The van der Waals surface area contributed by atoms with E-state index in [4.69, 9.17) is 4.74 Å². The van der Waals surface area contributed by atoms with E-state index in [0.29, 0.717) is 19.4 Å². The monoisotopic (exact) mass is 345 g/mol. The Hall–Kier alpha value is -1.18. The van der Waals surface area contributed by atoms with Crippen LogP contribution in [0.5, 0.6) is 0 Å². The fourth-order valence-corrected chi connectivity index (χ4v) is 2.31. The molecule has 2 rings (SSSR count). The van der Waals surface area contributed by atoms with Crippen molar-refractivity contribution >= 4 is 34.1 Å². The van der Waals surface area contributed by atoms with E-state index in [1.807, 2.05) is 10.6 Å². The molecule has 0 fully saturated rings. The third-order valence-electron chi connectivity index (χ3n) is 2.35. The Morgan fingerprint density at radius 1 is 1.59 bits per heavy atom. The largest absolute Gasteiger partial charge is 0.466 e. The predicted molar refractivity (Wildman–Crippen MR) is 70.7 cm³/mol. The lowest BCUT2D eigenvalue weighted by molar-refractivity contribution is -0.143. The molecule has 17 heavy (non-hydrogen) atoms. The van der Waals surface area contributed by atoms with Gasteiger partial charge in [0.2, 0.25) is 0 Å². The summed E-state index contributed by atoms with van der Waals surface area (Å²) in [6.45, 7) is 2.22. The molecular formula is C11H12IN3O2. The van der Waals surface area contributed by atoms with Gasteiger partial charge in [-0.15, -0.1) is 0 Å². The van der Waals surface area contributed by atoms with Crippen molar-refractivity contribution in [3.05, 3.63) is 28.1 Å². The summed E-state index contributed by atoms with van der Waals surface area (Å²) in [7, 11) is 0. The molecule has 0 saturated carbocycles. The van der Waals surface area contributed by atoms with Gasteiger partial charge in [-0.2, -0.15) is 0 Å². The lowest BCUT2D eigenvalue weighted by Crippen LogP contribution is -2.05. The number of aryl methyl sites for hydroxylation is 1. The molecule has 0 aliphatic rings. The second-order valence-electron chi connectivity index (χ2n) is 3.46. The van der Waals surface area contributed by atoms with Crippen LogP contribution in [0.15, 0.2) is 18.6 Å². The average molecular weight is 345 g/mol. The number of hydrogen-bond acceptors (Lipinski definition) is 4. The number of ether oxygens (including phenoxy) is 1. The van der Waals surface area contributed by atoms with Gasteiger partial charge in [0.1, 0.15) is 0 Å². The molecule has 0 amide bonds. The third kappa shape index (κ3) is 2.74. The summed E-state index contributed by atoms with van der Waals surface area (Å²) in [4.78, 5) is 19.8. The molecule has 2 aromatic rings. The number of nitrogens with zero attached hydrogens (tertiary/aromatic N) is 3. The number of fused-ring (bicyclic) bond motifs is 1. The quantitative estimate of drug-likeness (QED) is 0.627. The van der Waals surface area contributed by atoms with Crippen molar-refractivity contribution in [2.24, 2.45) is 0 Å². The lowest BCUT2D eigenvalue weighted by Gasteiger charge is -2.00. The Kier molecular flexibility index (Phi) is 3.93. The minimum absolute atomic E-state index is 0.187. The van der Waals surface area contributed by atoms with Crippen LogP contribution in [-0.2, 0) is 16.0 Å². The number of carbonyl (C=O) groups is 1. The van der Waals surface area contributed by atoms with Crippen LogP contribution in [0.25, 0.3) is 5.52 Å². The van der Waals surface area contributed by atoms with Crippen molar-refractivity contribution in [2.75, 3.05) is 6.61 Å². The van der Waals surface area contributed by atoms with Crippen LogP contribution < -0.4 is 0 Å². The van der Waals surface area contributed by atoms with E-state index in [1.54, 1.807) is 19.3 Å². The summed E-state index contributed by atoms with van der Waals surface area (Å²) in [5.41, 5.74) is 1.83. The SMILES string of the molecule is CCOC(=O)CCc1nc(I)n2ccncc12. The second kappa shape index (κ2) is 5.44. The van der Waals surface area contributed by atoms with Crippen LogP contribution in [0.4, 0.5) is 0 Å². The number of rotatable bonds is 4. The van der Waals surface area contributed by atoms with Crippen molar-refractivity contribution < 1.29 is 9.53 Å². The molecule has 90 valence electrons. The molecule has 0 spiro atoms. The van der Waals surface area contributed by atoms with Crippen LogP contribution >= 0.6 is 22.6 Å². The number of imidazole rings is 1. The van der Waals surface area contributed by atoms with Gasteiger partial charge in [0.25, 0.3) is 0 Å². The maximum Gasteiger partial charge on any atom is 0.306 e. The van der Waals surface area contributed by atoms with Crippen molar-refractivity contribution in [1.29, 1.82) is 0 Å². The highest BCUT2D eigenvalue weighted by Crippen LogP contribution is 2.15. The zero-order valence-corrected chi connectivity index (χ0v) is 11.5. The topological polar surface area (TPSA) is 56.5 Å². The number of aromatic nitrogens is 3. The maximum absolute atomic E-state index is 11.3. The van der Waals surface area contributed by atoms with Crippen LogP contribution in [-0.4, -0.2) is 26.9 Å². The first kappa shape index (κ1) is 12.3. The lowest BCUT2D eigenvalue weighted by atomic mass is 10.2. The highest BCUT2D eigenvalue weighted by molar-refractivity contribution is 14.1. The summed E-state index contributed by atoms with van der Waals surface area (Å²) in [5, 5.41) is 0. The van der Waals surface area contributed by atoms with E-state index in [-0.39, 0.29) is 5.97 Å². The van der Waals surface area contributed by atoms with E-state index < -0.39 is 0 Å². The first-order valence-electron chi connectivity index (χ1n) is 5.34. The van der Waals surface area contributed by atoms with Crippen molar-refractivity contribution in [3.63, 3.8) is 0 Å². The molecule has 0 aromatic carbocycles. The molecular weight excluding hydrogens is 333 g/mol. The Bertz CT molecular complexity index is 538. The third-order valence-corrected chi connectivity index (χ3v) is 3.11. The second-order valence-corrected chi connectivity index (χ2v) is 4.43. The molecule has 2 heterocycles. The fourth-order valence-electron chi connectivity index (χ4n) is 1.60. The Balaban J connectivity index is 2.16. The van der Waals surface area contributed by atoms with E-state index >= 15 is 0 Å². The summed E-state index contributed by atoms with van der Waals surface area (Å²) in [6.07, 6.45) is 6.27. The number of hydrogen-bond donors (Lipinski definition) is 0.